The molecule has 0 heterocycles. The first-order valence-electron chi connectivity index (χ1n) is 7.91. The first-order chi connectivity index (χ1) is 11.7. The Labute approximate surface area is 147 Å². The molecule has 0 aliphatic rings. The van der Waals surface area contributed by atoms with Crippen LogP contribution < -0.4 is 14.8 Å². The highest BCUT2D eigenvalue weighted by Gasteiger charge is 2.05. The van der Waals surface area contributed by atoms with E-state index in [4.69, 9.17) is 9.47 Å². The third-order valence-corrected chi connectivity index (χ3v) is 4.38. The van der Waals surface area contributed by atoms with Crippen LogP contribution in [0.25, 0.3) is 0 Å². The maximum Gasteiger partial charge on any atom is 0.223 e. The van der Waals surface area contributed by atoms with Crippen molar-refractivity contribution in [2.75, 3.05) is 26.0 Å². The lowest BCUT2D eigenvalue weighted by Crippen LogP contribution is -2.27. The number of hydrogen-bond donors (Lipinski definition) is 1. The number of hydrogen-bond acceptors (Lipinski definition) is 4. The lowest BCUT2D eigenvalue weighted by Gasteiger charge is -2.10. The van der Waals surface area contributed by atoms with Gasteiger partial charge in [0.05, 0.1) is 20.1 Å². The van der Waals surface area contributed by atoms with Crippen LogP contribution in [-0.2, 0) is 4.79 Å². The minimum absolute atomic E-state index is 0.00518. The van der Waals surface area contributed by atoms with Gasteiger partial charge in [0.2, 0.25) is 5.91 Å². The van der Waals surface area contributed by atoms with Gasteiger partial charge in [-0.3, -0.25) is 4.79 Å². The fourth-order valence-corrected chi connectivity index (χ4v) is 2.84. The molecular formula is C19H23NO3S. The van der Waals surface area contributed by atoms with E-state index in [-0.39, 0.29) is 5.91 Å². The molecule has 0 saturated heterocycles. The van der Waals surface area contributed by atoms with Crippen LogP contribution in [0, 0.1) is 6.92 Å². The molecule has 2 rings (SSSR count). The maximum absolute atomic E-state index is 11.8. The fourth-order valence-electron chi connectivity index (χ4n) is 2.07. The van der Waals surface area contributed by atoms with Crippen molar-refractivity contribution in [3.05, 3.63) is 54.1 Å². The van der Waals surface area contributed by atoms with Gasteiger partial charge >= 0.3 is 0 Å². The number of methoxy groups -OCH3 is 1. The fraction of sp³-hybridized carbons (Fsp3) is 0.316. The summed E-state index contributed by atoms with van der Waals surface area (Å²) in [5.41, 5.74) is 1.25. The molecule has 0 aliphatic carbocycles. The molecule has 0 bridgehead atoms. The molecule has 0 spiro atoms. The number of amides is 1. The number of rotatable bonds is 9. The number of thioether (sulfide) groups is 1. The predicted molar refractivity (Wildman–Crippen MR) is 98.0 cm³/mol. The van der Waals surface area contributed by atoms with Gasteiger partial charge in [0, 0.05) is 17.2 Å². The summed E-state index contributed by atoms with van der Waals surface area (Å²) in [5, 5.41) is 2.91. The maximum atomic E-state index is 11.8. The largest absolute Gasteiger partial charge is 0.493 e. The second-order valence-corrected chi connectivity index (χ2v) is 6.43. The molecule has 0 unspecified atom stereocenters. The Bertz CT molecular complexity index is 643. The van der Waals surface area contributed by atoms with Crippen molar-refractivity contribution in [1.82, 2.24) is 5.32 Å². The SMILES string of the molecule is COc1ccccc1OCCC(=O)NCCSc1ccc(C)cc1. The average molecular weight is 345 g/mol. The van der Waals surface area contributed by atoms with Crippen LogP contribution in [0.2, 0.25) is 0 Å². The molecule has 128 valence electrons. The Morgan fingerprint density at radius 2 is 1.79 bits per heavy atom. The van der Waals surface area contributed by atoms with E-state index in [1.165, 1.54) is 10.5 Å². The first-order valence-corrected chi connectivity index (χ1v) is 8.89. The summed E-state index contributed by atoms with van der Waals surface area (Å²) in [6.07, 6.45) is 0.327. The molecule has 24 heavy (non-hydrogen) atoms. The third-order valence-electron chi connectivity index (χ3n) is 3.37. The van der Waals surface area contributed by atoms with E-state index in [9.17, 15) is 4.79 Å². The first kappa shape index (κ1) is 18.2. The second-order valence-electron chi connectivity index (χ2n) is 5.26. The summed E-state index contributed by atoms with van der Waals surface area (Å²) >= 11 is 1.73. The van der Waals surface area contributed by atoms with Crippen LogP contribution in [-0.4, -0.2) is 31.9 Å². The zero-order valence-corrected chi connectivity index (χ0v) is 14.9. The third kappa shape index (κ3) is 6.16. The van der Waals surface area contributed by atoms with Gasteiger partial charge < -0.3 is 14.8 Å². The quantitative estimate of drug-likeness (QED) is 0.556. The number of ether oxygens (including phenoxy) is 2. The predicted octanol–water partition coefficient (Wildman–Crippen LogP) is 3.68. The van der Waals surface area contributed by atoms with Gasteiger partial charge in [-0.1, -0.05) is 29.8 Å². The minimum Gasteiger partial charge on any atom is -0.493 e. The number of benzene rings is 2. The molecule has 4 nitrogen and oxygen atoms in total. The number of para-hydroxylation sites is 2. The number of carbonyl (C=O) groups excluding carboxylic acids is 1. The van der Waals surface area contributed by atoms with Crippen molar-refractivity contribution in [1.29, 1.82) is 0 Å². The number of nitrogens with one attached hydrogen (secondary N) is 1. The monoisotopic (exact) mass is 345 g/mol. The molecule has 0 aliphatic heterocycles. The lowest BCUT2D eigenvalue weighted by atomic mass is 10.2. The van der Waals surface area contributed by atoms with Gasteiger partial charge in [-0.05, 0) is 31.2 Å². The molecule has 2 aromatic carbocycles. The molecule has 1 amide bonds. The Morgan fingerprint density at radius 1 is 1.08 bits per heavy atom. The highest BCUT2D eigenvalue weighted by molar-refractivity contribution is 7.99. The smallest absolute Gasteiger partial charge is 0.223 e. The van der Waals surface area contributed by atoms with Crippen LogP contribution in [0.1, 0.15) is 12.0 Å². The van der Waals surface area contributed by atoms with Crippen molar-refractivity contribution in [3.8, 4) is 11.5 Å². The van der Waals surface area contributed by atoms with Gasteiger partial charge in [0.25, 0.3) is 0 Å². The van der Waals surface area contributed by atoms with E-state index in [0.717, 1.165) is 5.75 Å². The molecule has 1 N–H and O–H groups in total. The molecule has 2 aromatic rings. The Morgan fingerprint density at radius 3 is 2.50 bits per heavy atom. The van der Waals surface area contributed by atoms with Crippen LogP contribution >= 0.6 is 11.8 Å². The summed E-state index contributed by atoms with van der Waals surface area (Å²) in [6.45, 7) is 3.05. The van der Waals surface area contributed by atoms with Gasteiger partial charge in [0.1, 0.15) is 0 Å². The van der Waals surface area contributed by atoms with Gasteiger partial charge in [-0.25, -0.2) is 0 Å². The molecule has 0 fully saturated rings. The van der Waals surface area contributed by atoms with E-state index in [0.29, 0.717) is 31.1 Å². The summed E-state index contributed by atoms with van der Waals surface area (Å²) < 4.78 is 10.8. The summed E-state index contributed by atoms with van der Waals surface area (Å²) in [6, 6.07) is 15.8. The van der Waals surface area contributed by atoms with Crippen molar-refractivity contribution in [2.24, 2.45) is 0 Å². The van der Waals surface area contributed by atoms with Crippen molar-refractivity contribution in [3.63, 3.8) is 0 Å². The van der Waals surface area contributed by atoms with Crippen molar-refractivity contribution >= 4 is 17.7 Å². The van der Waals surface area contributed by atoms with Gasteiger partial charge in [-0.2, -0.15) is 0 Å². The molecule has 0 aromatic heterocycles. The number of carbonyl (C=O) groups is 1. The lowest BCUT2D eigenvalue weighted by molar-refractivity contribution is -0.121. The molecule has 0 saturated carbocycles. The van der Waals surface area contributed by atoms with E-state index in [2.05, 4.69) is 36.5 Å². The number of aryl methyl sites for hydroxylation is 1. The Kier molecular flexibility index (Phi) is 7.49. The zero-order valence-electron chi connectivity index (χ0n) is 14.1. The van der Waals surface area contributed by atoms with Gasteiger partial charge in [-0.15, -0.1) is 11.8 Å². The molecule has 0 atom stereocenters. The average Bonchev–Trinajstić information content (AvgIpc) is 2.60. The minimum atomic E-state index is -0.00518. The highest BCUT2D eigenvalue weighted by atomic mass is 32.2. The van der Waals surface area contributed by atoms with E-state index >= 15 is 0 Å². The van der Waals surface area contributed by atoms with Crippen LogP contribution in [0.4, 0.5) is 0 Å². The van der Waals surface area contributed by atoms with E-state index in [1.54, 1.807) is 18.9 Å². The second kappa shape index (κ2) is 9.88. The highest BCUT2D eigenvalue weighted by Crippen LogP contribution is 2.25. The standard InChI is InChI=1S/C19H23NO3S/c1-15-7-9-16(10-8-15)24-14-12-20-19(21)11-13-23-18-6-4-3-5-17(18)22-2/h3-10H,11-14H2,1-2H3,(H,20,21). The van der Waals surface area contributed by atoms with Gasteiger partial charge in [0.15, 0.2) is 11.5 Å². The van der Waals surface area contributed by atoms with Crippen molar-refractivity contribution < 1.29 is 14.3 Å². The van der Waals surface area contributed by atoms with E-state index in [1.807, 2.05) is 24.3 Å². The van der Waals surface area contributed by atoms with Crippen LogP contribution in [0.3, 0.4) is 0 Å². The zero-order chi connectivity index (χ0) is 17.2. The molecular weight excluding hydrogens is 322 g/mol. The van der Waals surface area contributed by atoms with Crippen LogP contribution in [0.15, 0.2) is 53.4 Å². The summed E-state index contributed by atoms with van der Waals surface area (Å²) in [7, 11) is 1.60. The normalized spacial score (nSPS) is 10.2. The summed E-state index contributed by atoms with van der Waals surface area (Å²) in [4.78, 5) is 13.0. The summed E-state index contributed by atoms with van der Waals surface area (Å²) in [5.74, 6) is 2.17. The Balaban J connectivity index is 1.60. The van der Waals surface area contributed by atoms with Crippen LogP contribution in [0.5, 0.6) is 11.5 Å². The van der Waals surface area contributed by atoms with Crippen molar-refractivity contribution in [2.45, 2.75) is 18.2 Å². The molecule has 0 radical (unpaired) electrons. The van der Waals surface area contributed by atoms with E-state index < -0.39 is 0 Å². The Hall–Kier alpha value is -2.14. The topological polar surface area (TPSA) is 47.6 Å². The molecule has 5 heteroatoms.